The average Bonchev–Trinajstić information content (AvgIpc) is 3.00. The van der Waals surface area contributed by atoms with Crippen LogP contribution in [0.5, 0.6) is 0 Å². The number of aromatic amines is 1. The normalized spacial score (nSPS) is 11.4. The zero-order valence-corrected chi connectivity index (χ0v) is 11.7. The maximum absolute atomic E-state index is 3.27. The fourth-order valence-corrected chi connectivity index (χ4v) is 2.18. The molecular weight excluding hydrogens is 254 g/mol. The summed E-state index contributed by atoms with van der Waals surface area (Å²) in [5.41, 5.74) is 4.71. The van der Waals surface area contributed by atoms with E-state index in [9.17, 15) is 0 Å². The number of rotatable bonds is 4. The number of H-pyrrole nitrogens is 1. The van der Waals surface area contributed by atoms with Crippen LogP contribution in [0.4, 0.5) is 0 Å². The topological polar surface area (TPSA) is 15.8 Å². The van der Waals surface area contributed by atoms with Crippen LogP contribution < -0.4 is 0 Å². The van der Waals surface area contributed by atoms with E-state index in [1.807, 2.05) is 42.6 Å². The molecule has 1 nitrogen and oxygen atoms in total. The summed E-state index contributed by atoms with van der Waals surface area (Å²) in [4.78, 5) is 3.27. The summed E-state index contributed by atoms with van der Waals surface area (Å²) in [7, 11) is 0. The molecule has 102 valence electrons. The lowest BCUT2D eigenvalue weighted by molar-refractivity contribution is 1.37. The van der Waals surface area contributed by atoms with E-state index in [2.05, 4.69) is 59.6 Å². The lowest BCUT2D eigenvalue weighted by Gasteiger charge is -1.95. The number of hydrogen-bond acceptors (Lipinski definition) is 0. The summed E-state index contributed by atoms with van der Waals surface area (Å²) >= 11 is 0. The summed E-state index contributed by atoms with van der Waals surface area (Å²) in [6, 6.07) is 22.7. The summed E-state index contributed by atoms with van der Waals surface area (Å²) in [5.74, 6) is 0. The highest BCUT2D eigenvalue weighted by atomic mass is 14.7. The second-order valence-corrected chi connectivity index (χ2v) is 4.83. The molecule has 0 amide bonds. The van der Waals surface area contributed by atoms with E-state index in [1.165, 1.54) is 16.7 Å². The molecule has 1 N–H and O–H groups in total. The highest BCUT2D eigenvalue weighted by Gasteiger charge is 1.96. The minimum atomic E-state index is 1.12. The number of benzene rings is 2. The van der Waals surface area contributed by atoms with Gasteiger partial charge in [0.25, 0.3) is 0 Å². The molecular formula is C20H17N. The maximum Gasteiger partial charge on any atom is 0.0454 e. The van der Waals surface area contributed by atoms with Crippen LogP contribution >= 0.6 is 0 Å². The number of nitrogens with one attached hydrogen (secondary N) is 1. The molecule has 0 unspecified atom stereocenters. The van der Waals surface area contributed by atoms with Crippen molar-refractivity contribution in [2.75, 3.05) is 0 Å². The number of aromatic nitrogens is 1. The molecule has 1 heteroatoms. The molecule has 0 atom stereocenters. The molecule has 21 heavy (non-hydrogen) atoms. The molecule has 3 aromatic rings. The van der Waals surface area contributed by atoms with Gasteiger partial charge in [-0.3, -0.25) is 0 Å². The molecule has 0 radical (unpaired) electrons. The Balaban J connectivity index is 1.78. The molecule has 1 heterocycles. The van der Waals surface area contributed by atoms with Gasteiger partial charge in [0.1, 0.15) is 0 Å². The third-order valence-corrected chi connectivity index (χ3v) is 3.31. The molecule has 0 saturated heterocycles. The van der Waals surface area contributed by atoms with E-state index >= 15 is 0 Å². The van der Waals surface area contributed by atoms with Crippen molar-refractivity contribution < 1.29 is 0 Å². The van der Waals surface area contributed by atoms with Crippen LogP contribution in [0.15, 0.2) is 72.9 Å². The van der Waals surface area contributed by atoms with Crippen LogP contribution in [0.3, 0.4) is 0 Å². The van der Waals surface area contributed by atoms with Gasteiger partial charge in [0.2, 0.25) is 0 Å². The van der Waals surface area contributed by atoms with Crippen LogP contribution in [0, 0.1) is 0 Å². The monoisotopic (exact) mass is 271 g/mol. The molecule has 2 aromatic carbocycles. The van der Waals surface area contributed by atoms with Gasteiger partial charge in [0, 0.05) is 11.9 Å². The van der Waals surface area contributed by atoms with Gasteiger partial charge in [-0.2, -0.15) is 0 Å². The smallest absolute Gasteiger partial charge is 0.0454 e. The fraction of sp³-hybridized carbons (Fsp3) is 0. The van der Waals surface area contributed by atoms with Crippen LogP contribution in [-0.4, -0.2) is 4.98 Å². The van der Waals surface area contributed by atoms with Crippen molar-refractivity contribution in [3.8, 4) is 0 Å². The second kappa shape index (κ2) is 6.58. The van der Waals surface area contributed by atoms with Gasteiger partial charge in [-0.15, -0.1) is 0 Å². The zero-order chi connectivity index (χ0) is 14.3. The highest BCUT2D eigenvalue weighted by Crippen LogP contribution is 2.15. The minimum absolute atomic E-state index is 1.12. The third kappa shape index (κ3) is 3.61. The van der Waals surface area contributed by atoms with Gasteiger partial charge < -0.3 is 4.98 Å². The highest BCUT2D eigenvalue weighted by molar-refractivity contribution is 5.78. The van der Waals surface area contributed by atoms with Gasteiger partial charge >= 0.3 is 0 Å². The van der Waals surface area contributed by atoms with Crippen molar-refractivity contribution in [2.45, 2.75) is 0 Å². The molecule has 0 saturated carbocycles. The minimum Gasteiger partial charge on any atom is -0.361 e. The van der Waals surface area contributed by atoms with E-state index in [4.69, 9.17) is 0 Å². The summed E-state index contributed by atoms with van der Waals surface area (Å²) in [6.45, 7) is 0. The summed E-state index contributed by atoms with van der Waals surface area (Å²) in [5, 5.41) is 0. The van der Waals surface area contributed by atoms with E-state index in [-0.39, 0.29) is 0 Å². The molecule has 0 aliphatic heterocycles. The predicted octanol–water partition coefficient (Wildman–Crippen LogP) is 5.36. The predicted molar refractivity (Wildman–Crippen MR) is 91.5 cm³/mol. The van der Waals surface area contributed by atoms with Crippen LogP contribution in [0.2, 0.25) is 0 Å². The quantitative estimate of drug-likeness (QED) is 0.658. The first-order chi connectivity index (χ1) is 10.4. The van der Waals surface area contributed by atoms with Crippen LogP contribution in [0.25, 0.3) is 24.3 Å². The molecule has 0 aliphatic rings. The van der Waals surface area contributed by atoms with E-state index < -0.39 is 0 Å². The first-order valence-corrected chi connectivity index (χ1v) is 7.05. The Morgan fingerprint density at radius 3 is 1.76 bits per heavy atom. The fourth-order valence-electron chi connectivity index (χ4n) is 2.18. The van der Waals surface area contributed by atoms with Crippen molar-refractivity contribution in [3.63, 3.8) is 0 Å². The third-order valence-electron chi connectivity index (χ3n) is 3.31. The Kier molecular flexibility index (Phi) is 4.13. The van der Waals surface area contributed by atoms with Crippen molar-refractivity contribution in [1.82, 2.24) is 4.98 Å². The molecule has 0 bridgehead atoms. The number of hydrogen-bond donors (Lipinski definition) is 1. The van der Waals surface area contributed by atoms with E-state index in [0.29, 0.717) is 0 Å². The van der Waals surface area contributed by atoms with Crippen molar-refractivity contribution >= 4 is 24.3 Å². The van der Waals surface area contributed by atoms with Crippen LogP contribution in [-0.2, 0) is 0 Å². The Labute approximate surface area is 125 Å². The lowest BCUT2D eigenvalue weighted by Crippen LogP contribution is -1.76. The lowest BCUT2D eigenvalue weighted by atomic mass is 10.1. The molecule has 0 spiro atoms. The largest absolute Gasteiger partial charge is 0.361 e. The van der Waals surface area contributed by atoms with E-state index in [1.54, 1.807) is 0 Å². The Hall–Kier alpha value is -2.80. The molecule has 1 aromatic heterocycles. The zero-order valence-electron chi connectivity index (χ0n) is 11.7. The van der Waals surface area contributed by atoms with Gasteiger partial charge in [-0.25, -0.2) is 0 Å². The van der Waals surface area contributed by atoms with Crippen molar-refractivity contribution in [2.24, 2.45) is 0 Å². The Morgan fingerprint density at radius 2 is 1.14 bits per heavy atom. The Bertz CT molecular complexity index is 670. The molecule has 0 aliphatic carbocycles. The summed E-state index contributed by atoms with van der Waals surface area (Å²) in [6.07, 6.45) is 10.5. The second-order valence-electron chi connectivity index (χ2n) is 4.83. The van der Waals surface area contributed by atoms with Crippen molar-refractivity contribution in [3.05, 3.63) is 95.3 Å². The van der Waals surface area contributed by atoms with Gasteiger partial charge in [0.05, 0.1) is 0 Å². The first-order valence-electron chi connectivity index (χ1n) is 7.05. The average molecular weight is 271 g/mol. The molecule has 3 rings (SSSR count). The SMILES string of the molecule is C(=Cc1cc[nH]c1C=Cc1ccccc1)c1ccccc1. The van der Waals surface area contributed by atoms with E-state index in [0.717, 1.165) is 5.69 Å². The maximum atomic E-state index is 3.27. The van der Waals surface area contributed by atoms with Gasteiger partial charge in [-0.1, -0.05) is 78.9 Å². The van der Waals surface area contributed by atoms with Crippen LogP contribution in [0.1, 0.15) is 22.4 Å². The summed E-state index contributed by atoms with van der Waals surface area (Å²) < 4.78 is 0. The van der Waals surface area contributed by atoms with Gasteiger partial charge in [0.15, 0.2) is 0 Å². The molecule has 0 fully saturated rings. The van der Waals surface area contributed by atoms with Crippen molar-refractivity contribution in [1.29, 1.82) is 0 Å². The Morgan fingerprint density at radius 1 is 0.571 bits per heavy atom. The van der Waals surface area contributed by atoms with Gasteiger partial charge in [-0.05, 0) is 28.8 Å². The standard InChI is InChI=1S/C20H17N/c1-3-7-17(8-4-1)11-13-19-15-16-21-20(19)14-12-18-9-5-2-6-10-18/h1-16,21H. The first kappa shape index (κ1) is 13.2.